The van der Waals surface area contributed by atoms with Crippen LogP contribution in [0.4, 0.5) is 11.4 Å². The van der Waals surface area contributed by atoms with Crippen molar-refractivity contribution in [1.29, 1.82) is 0 Å². The Morgan fingerprint density at radius 1 is 0.947 bits per heavy atom. The van der Waals surface area contributed by atoms with Crippen molar-refractivity contribution in [2.75, 3.05) is 38.0 Å². The van der Waals surface area contributed by atoms with Crippen LogP contribution in [0.15, 0.2) is 92.8 Å². The van der Waals surface area contributed by atoms with Crippen LogP contribution >= 0.6 is 27.7 Å². The molecule has 8 nitrogen and oxygen atoms in total. The molecule has 196 valence electrons. The Labute approximate surface area is 233 Å². The van der Waals surface area contributed by atoms with E-state index in [9.17, 15) is 14.4 Å². The number of benzene rings is 3. The van der Waals surface area contributed by atoms with Crippen molar-refractivity contribution in [2.24, 2.45) is 0 Å². The van der Waals surface area contributed by atoms with Crippen molar-refractivity contribution in [3.63, 3.8) is 0 Å². The fourth-order valence-electron chi connectivity index (χ4n) is 3.71. The molecule has 0 spiro atoms. The number of nitrogens with zero attached hydrogens (tertiary/aromatic N) is 1. The van der Waals surface area contributed by atoms with Crippen molar-refractivity contribution in [1.82, 2.24) is 4.90 Å². The van der Waals surface area contributed by atoms with Crippen LogP contribution < -0.4 is 15.4 Å². The molecule has 2 N–H and O–H groups in total. The summed E-state index contributed by atoms with van der Waals surface area (Å²) in [7, 11) is 3.15. The number of imide groups is 1. The highest BCUT2D eigenvalue weighted by Gasteiger charge is 2.38. The summed E-state index contributed by atoms with van der Waals surface area (Å²) >= 11 is 4.54. The maximum atomic E-state index is 13.3. The van der Waals surface area contributed by atoms with E-state index < -0.39 is 5.91 Å². The van der Waals surface area contributed by atoms with Crippen molar-refractivity contribution >= 4 is 56.8 Å². The van der Waals surface area contributed by atoms with Crippen molar-refractivity contribution < 1.29 is 23.9 Å². The van der Waals surface area contributed by atoms with E-state index in [0.717, 1.165) is 4.47 Å². The van der Waals surface area contributed by atoms with Gasteiger partial charge in [0.25, 0.3) is 17.7 Å². The highest BCUT2D eigenvalue weighted by Crippen LogP contribution is 2.37. The monoisotopic (exact) mass is 595 g/mol. The topological polar surface area (TPSA) is 97.0 Å². The molecule has 0 radical (unpaired) electrons. The van der Waals surface area contributed by atoms with Crippen LogP contribution in [0.5, 0.6) is 5.75 Å². The van der Waals surface area contributed by atoms with E-state index in [1.165, 1.54) is 16.7 Å². The number of amides is 3. The smallest absolute Gasteiger partial charge is 0.278 e. The van der Waals surface area contributed by atoms with Gasteiger partial charge in [0.2, 0.25) is 0 Å². The Kier molecular flexibility index (Phi) is 9.22. The molecule has 3 aromatic carbocycles. The quantitative estimate of drug-likeness (QED) is 0.222. The Morgan fingerprint density at radius 3 is 2.37 bits per heavy atom. The third-order valence-corrected chi connectivity index (χ3v) is 7.23. The number of nitrogens with one attached hydrogen (secondary N) is 2. The first-order valence-electron chi connectivity index (χ1n) is 11.7. The zero-order valence-electron chi connectivity index (χ0n) is 20.8. The third kappa shape index (κ3) is 6.63. The molecule has 0 atom stereocenters. The van der Waals surface area contributed by atoms with Gasteiger partial charge in [-0.3, -0.25) is 19.3 Å². The summed E-state index contributed by atoms with van der Waals surface area (Å²) in [4.78, 5) is 41.5. The lowest BCUT2D eigenvalue weighted by atomic mass is 10.2. The second-order valence-corrected chi connectivity index (χ2v) is 10.3. The van der Waals surface area contributed by atoms with Crippen LogP contribution in [-0.2, 0) is 14.3 Å². The van der Waals surface area contributed by atoms with E-state index in [0.29, 0.717) is 40.6 Å². The van der Waals surface area contributed by atoms with Crippen molar-refractivity contribution in [3.05, 3.63) is 93.4 Å². The summed E-state index contributed by atoms with van der Waals surface area (Å²) < 4.78 is 11.2. The SMILES string of the molecule is COCCCN1C(=O)C(Nc2ccc(OC)cc2)=C(Sc2cccc(NC(=O)c3ccc(Br)cc3)c2)C1=O. The van der Waals surface area contributed by atoms with Gasteiger partial charge in [0.05, 0.1) is 7.11 Å². The maximum absolute atomic E-state index is 13.3. The van der Waals surface area contributed by atoms with Crippen LogP contribution in [0.1, 0.15) is 16.8 Å². The molecule has 3 amide bonds. The number of carbonyl (C=O) groups excluding carboxylic acids is 3. The summed E-state index contributed by atoms with van der Waals surface area (Å²) in [5.74, 6) is -0.353. The molecule has 1 heterocycles. The minimum absolute atomic E-state index is 0.201. The Hall–Kier alpha value is -3.60. The summed E-state index contributed by atoms with van der Waals surface area (Å²) in [6.07, 6.45) is 0.527. The molecule has 4 rings (SSSR count). The van der Waals surface area contributed by atoms with Gasteiger partial charge in [-0.15, -0.1) is 0 Å². The number of methoxy groups -OCH3 is 2. The van der Waals surface area contributed by atoms with Gasteiger partial charge in [0.15, 0.2) is 0 Å². The van der Waals surface area contributed by atoms with Gasteiger partial charge in [-0.1, -0.05) is 33.8 Å². The lowest BCUT2D eigenvalue weighted by Crippen LogP contribution is -2.33. The molecule has 38 heavy (non-hydrogen) atoms. The van der Waals surface area contributed by atoms with Crippen LogP contribution in [-0.4, -0.2) is 50.0 Å². The van der Waals surface area contributed by atoms with E-state index in [1.807, 2.05) is 6.07 Å². The maximum Gasteiger partial charge on any atom is 0.278 e. The van der Waals surface area contributed by atoms with Gasteiger partial charge in [0.1, 0.15) is 16.4 Å². The summed E-state index contributed by atoms with van der Waals surface area (Å²) in [6.45, 7) is 0.674. The molecule has 0 aliphatic carbocycles. The number of hydrogen-bond donors (Lipinski definition) is 2. The summed E-state index contributed by atoms with van der Waals surface area (Å²) in [5, 5.41) is 6.00. The molecule has 1 aliphatic heterocycles. The van der Waals surface area contributed by atoms with Crippen molar-refractivity contribution in [2.45, 2.75) is 11.3 Å². The normalized spacial score (nSPS) is 13.2. The van der Waals surface area contributed by atoms with Crippen LogP contribution in [0.3, 0.4) is 0 Å². The molecule has 0 saturated carbocycles. The number of rotatable bonds is 11. The number of halogens is 1. The van der Waals surface area contributed by atoms with Gasteiger partial charge in [-0.25, -0.2) is 0 Å². The molecule has 0 unspecified atom stereocenters. The minimum Gasteiger partial charge on any atom is -0.497 e. The van der Waals surface area contributed by atoms with Gasteiger partial charge in [-0.05, 0) is 73.2 Å². The van der Waals surface area contributed by atoms with Gasteiger partial charge in [0, 0.05) is 46.6 Å². The Bertz CT molecular complexity index is 1360. The van der Waals surface area contributed by atoms with Gasteiger partial charge in [-0.2, -0.15) is 0 Å². The first-order chi connectivity index (χ1) is 18.4. The molecule has 3 aromatic rings. The van der Waals surface area contributed by atoms with E-state index in [4.69, 9.17) is 9.47 Å². The average molecular weight is 597 g/mol. The largest absolute Gasteiger partial charge is 0.497 e. The highest BCUT2D eigenvalue weighted by atomic mass is 79.9. The standard InChI is InChI=1S/C28H26BrN3O5S/c1-36-16-4-15-32-27(34)24(30-20-11-13-22(37-2)14-12-20)25(28(32)35)38-23-6-3-5-21(17-23)31-26(33)18-7-9-19(29)10-8-18/h3,5-14,17,30H,4,15-16H2,1-2H3,(H,31,33). The van der Waals surface area contributed by atoms with E-state index >= 15 is 0 Å². The Balaban J connectivity index is 1.57. The first-order valence-corrected chi connectivity index (χ1v) is 13.4. The van der Waals surface area contributed by atoms with Crippen LogP contribution in [0.25, 0.3) is 0 Å². The van der Waals surface area contributed by atoms with Crippen LogP contribution in [0.2, 0.25) is 0 Å². The molecule has 0 bridgehead atoms. The van der Waals surface area contributed by atoms with E-state index in [2.05, 4.69) is 26.6 Å². The number of ether oxygens (including phenoxy) is 2. The molecule has 0 aromatic heterocycles. The predicted molar refractivity (Wildman–Crippen MR) is 151 cm³/mol. The fourth-order valence-corrected chi connectivity index (χ4v) is 4.98. The highest BCUT2D eigenvalue weighted by molar-refractivity contribution is 9.10. The van der Waals surface area contributed by atoms with Crippen molar-refractivity contribution in [3.8, 4) is 5.75 Å². The zero-order chi connectivity index (χ0) is 27.1. The number of hydrogen-bond acceptors (Lipinski definition) is 7. The van der Waals surface area contributed by atoms with E-state index in [1.54, 1.807) is 80.9 Å². The number of anilines is 2. The Morgan fingerprint density at radius 2 is 1.68 bits per heavy atom. The molecule has 0 fully saturated rings. The summed E-state index contributed by atoms with van der Waals surface area (Å²) in [6, 6.07) is 21.3. The molecule has 0 saturated heterocycles. The molecule has 10 heteroatoms. The van der Waals surface area contributed by atoms with Crippen LogP contribution in [0, 0.1) is 0 Å². The minimum atomic E-state index is -0.399. The van der Waals surface area contributed by atoms with E-state index in [-0.39, 0.29) is 29.0 Å². The summed E-state index contributed by atoms with van der Waals surface area (Å²) in [5.41, 5.74) is 1.94. The third-order valence-electron chi connectivity index (χ3n) is 5.63. The molecular formula is C28H26BrN3O5S. The predicted octanol–water partition coefficient (Wildman–Crippen LogP) is 5.53. The fraction of sp³-hybridized carbons (Fsp3) is 0.179. The second kappa shape index (κ2) is 12.8. The average Bonchev–Trinajstić information content (AvgIpc) is 3.13. The van der Waals surface area contributed by atoms with Gasteiger partial charge >= 0.3 is 0 Å². The molecule has 1 aliphatic rings. The zero-order valence-corrected chi connectivity index (χ0v) is 23.2. The molecular weight excluding hydrogens is 570 g/mol. The number of carbonyl (C=O) groups is 3. The lowest BCUT2D eigenvalue weighted by molar-refractivity contribution is -0.137. The second-order valence-electron chi connectivity index (χ2n) is 8.26. The lowest BCUT2D eigenvalue weighted by Gasteiger charge is -2.14. The van der Waals surface area contributed by atoms with Gasteiger partial charge < -0.3 is 20.1 Å². The number of thioether (sulfide) groups is 1. The first kappa shape index (κ1) is 27.4.